The highest BCUT2D eigenvalue weighted by atomic mass is 16.4. The van der Waals surface area contributed by atoms with Crippen molar-refractivity contribution in [2.45, 2.75) is 83.1 Å². The van der Waals surface area contributed by atoms with Gasteiger partial charge in [-0.1, -0.05) is 32.4 Å². The molecule has 0 saturated carbocycles. The van der Waals surface area contributed by atoms with E-state index in [0.29, 0.717) is 25.0 Å². The summed E-state index contributed by atoms with van der Waals surface area (Å²) in [6.45, 7) is 5.25. The monoisotopic (exact) mass is 599 g/mol. The average molecular weight is 600 g/mol. The number of aromatic amines is 1. The summed E-state index contributed by atoms with van der Waals surface area (Å²) in [7, 11) is 0. The predicted octanol–water partition coefficient (Wildman–Crippen LogP) is -0.176. The number of H-pyrrole nitrogens is 1. The quantitative estimate of drug-likeness (QED) is 0.153. The SMILES string of the molecule is CC[C@H](C)[C@H](NC(=O)[C@@H](N)Cc1ccc(O)cc1)C(=O)N[C@@H](Cc1c[nH]cn1)C(=O)N1CCC[C@H]1C(=O)N[C@@H](C)C(=O)O. The number of carboxylic acid groups (broad SMARTS) is 1. The Morgan fingerprint density at radius 2 is 1.77 bits per heavy atom. The molecule has 1 aliphatic heterocycles. The van der Waals surface area contributed by atoms with Crippen LogP contribution in [0.1, 0.15) is 51.3 Å². The van der Waals surface area contributed by atoms with E-state index in [1.165, 1.54) is 30.3 Å². The number of nitrogens with zero attached hydrogens (tertiary/aromatic N) is 2. The number of carbonyl (C=O) groups is 5. The van der Waals surface area contributed by atoms with Gasteiger partial charge in [0, 0.05) is 19.2 Å². The number of rotatable bonds is 14. The van der Waals surface area contributed by atoms with Crippen LogP contribution < -0.4 is 21.7 Å². The Balaban J connectivity index is 1.77. The molecule has 6 atom stereocenters. The smallest absolute Gasteiger partial charge is 0.325 e. The molecule has 14 heteroatoms. The maximum Gasteiger partial charge on any atom is 0.325 e. The Morgan fingerprint density at radius 1 is 1.07 bits per heavy atom. The number of carboxylic acids is 1. The Bertz CT molecular complexity index is 1270. The standard InChI is InChI=1S/C29H41N7O7/c1-4-16(2)24(35-25(38)21(30)12-18-7-9-20(37)10-8-18)27(40)34-22(13-19-14-31-15-32-19)28(41)36-11-5-6-23(36)26(39)33-17(3)29(42)43/h7-10,14-17,21-24,37H,4-6,11-13,30H2,1-3H3,(H,31,32)(H,33,39)(H,34,40)(H,35,38)(H,42,43)/t16-,17-,21-,22-,23-,24-/m0/s1. The van der Waals surface area contributed by atoms with Crippen molar-refractivity contribution in [1.29, 1.82) is 0 Å². The fourth-order valence-electron chi connectivity index (χ4n) is 4.89. The molecule has 1 aromatic carbocycles. The van der Waals surface area contributed by atoms with Gasteiger partial charge in [0.1, 0.15) is 29.9 Å². The molecule has 0 aliphatic carbocycles. The molecule has 8 N–H and O–H groups in total. The van der Waals surface area contributed by atoms with Gasteiger partial charge in [-0.3, -0.25) is 24.0 Å². The number of phenols is 1. The number of benzene rings is 1. The number of aliphatic carboxylic acids is 1. The maximum atomic E-state index is 13.8. The van der Waals surface area contributed by atoms with Gasteiger partial charge in [0.05, 0.1) is 18.1 Å². The van der Waals surface area contributed by atoms with Crippen molar-refractivity contribution in [2.75, 3.05) is 6.54 Å². The van der Waals surface area contributed by atoms with E-state index in [1.54, 1.807) is 25.3 Å². The van der Waals surface area contributed by atoms with Crippen molar-refractivity contribution in [2.24, 2.45) is 11.7 Å². The van der Waals surface area contributed by atoms with Gasteiger partial charge in [-0.15, -0.1) is 0 Å². The summed E-state index contributed by atoms with van der Waals surface area (Å²) in [5, 5.41) is 26.6. The van der Waals surface area contributed by atoms with Crippen LogP contribution in [-0.4, -0.2) is 91.4 Å². The zero-order chi connectivity index (χ0) is 31.7. The maximum absolute atomic E-state index is 13.8. The van der Waals surface area contributed by atoms with Gasteiger partial charge < -0.3 is 41.8 Å². The summed E-state index contributed by atoms with van der Waals surface area (Å²) < 4.78 is 0. The third-order valence-electron chi connectivity index (χ3n) is 7.67. The summed E-state index contributed by atoms with van der Waals surface area (Å²) in [4.78, 5) is 73.0. The summed E-state index contributed by atoms with van der Waals surface area (Å²) in [5.74, 6) is -3.67. The van der Waals surface area contributed by atoms with Crippen LogP contribution in [-0.2, 0) is 36.8 Å². The first-order chi connectivity index (χ1) is 20.4. The number of imidazole rings is 1. The van der Waals surface area contributed by atoms with E-state index in [1.807, 2.05) is 6.92 Å². The largest absolute Gasteiger partial charge is 0.508 e. The van der Waals surface area contributed by atoms with Crippen molar-refractivity contribution in [1.82, 2.24) is 30.8 Å². The molecular formula is C29H41N7O7. The second kappa shape index (κ2) is 15.1. The molecule has 2 heterocycles. The van der Waals surface area contributed by atoms with Crippen LogP contribution in [0.15, 0.2) is 36.8 Å². The van der Waals surface area contributed by atoms with Gasteiger partial charge in [-0.05, 0) is 49.8 Å². The number of nitrogens with one attached hydrogen (secondary N) is 4. The van der Waals surface area contributed by atoms with Crippen molar-refractivity contribution >= 4 is 29.6 Å². The van der Waals surface area contributed by atoms with E-state index in [0.717, 1.165) is 5.56 Å². The van der Waals surface area contributed by atoms with Crippen LogP contribution in [0, 0.1) is 5.92 Å². The van der Waals surface area contributed by atoms with Gasteiger partial charge in [0.15, 0.2) is 0 Å². The molecule has 1 aromatic heterocycles. The Kier molecular flexibility index (Phi) is 11.6. The highest BCUT2D eigenvalue weighted by Gasteiger charge is 2.39. The predicted molar refractivity (Wildman–Crippen MR) is 155 cm³/mol. The zero-order valence-electron chi connectivity index (χ0n) is 24.6. The Hall–Kier alpha value is -4.46. The Labute approximate surface area is 249 Å². The number of likely N-dealkylation sites (tertiary alicyclic amines) is 1. The van der Waals surface area contributed by atoms with Gasteiger partial charge in [-0.2, -0.15) is 0 Å². The van der Waals surface area contributed by atoms with Crippen LogP contribution in [0.2, 0.25) is 0 Å². The highest BCUT2D eigenvalue weighted by Crippen LogP contribution is 2.20. The molecule has 1 saturated heterocycles. The molecule has 3 rings (SSSR count). The fraction of sp³-hybridized carbons (Fsp3) is 0.517. The summed E-state index contributed by atoms with van der Waals surface area (Å²) >= 11 is 0. The number of hydrogen-bond acceptors (Lipinski definition) is 8. The zero-order valence-corrected chi connectivity index (χ0v) is 24.6. The number of amides is 4. The second-order valence-electron chi connectivity index (χ2n) is 10.9. The van der Waals surface area contributed by atoms with Gasteiger partial charge in [-0.25, -0.2) is 4.98 Å². The van der Waals surface area contributed by atoms with E-state index in [9.17, 15) is 34.2 Å². The first kappa shape index (κ1) is 33.0. The molecule has 234 valence electrons. The van der Waals surface area contributed by atoms with Gasteiger partial charge in [0.2, 0.25) is 23.6 Å². The molecule has 1 aliphatic rings. The topological polar surface area (TPSA) is 220 Å². The van der Waals surface area contributed by atoms with Crippen molar-refractivity contribution in [3.63, 3.8) is 0 Å². The Morgan fingerprint density at radius 3 is 2.37 bits per heavy atom. The minimum absolute atomic E-state index is 0.0198. The first-order valence-corrected chi connectivity index (χ1v) is 14.4. The molecule has 2 aromatic rings. The third-order valence-corrected chi connectivity index (χ3v) is 7.67. The molecule has 43 heavy (non-hydrogen) atoms. The van der Waals surface area contributed by atoms with Crippen LogP contribution in [0.4, 0.5) is 0 Å². The van der Waals surface area contributed by atoms with Crippen molar-refractivity contribution in [3.8, 4) is 5.75 Å². The lowest BCUT2D eigenvalue weighted by molar-refractivity contribution is -0.144. The lowest BCUT2D eigenvalue weighted by Gasteiger charge is -2.31. The number of aromatic hydroxyl groups is 1. The second-order valence-corrected chi connectivity index (χ2v) is 10.9. The molecule has 4 amide bonds. The average Bonchev–Trinajstić information content (AvgIpc) is 3.68. The minimum Gasteiger partial charge on any atom is -0.508 e. The number of hydrogen-bond donors (Lipinski definition) is 7. The molecule has 0 unspecified atom stereocenters. The third kappa shape index (κ3) is 9.01. The summed E-state index contributed by atoms with van der Waals surface area (Å²) in [6, 6.07) is 1.17. The van der Waals surface area contributed by atoms with Gasteiger partial charge in [0.25, 0.3) is 0 Å². The summed E-state index contributed by atoms with van der Waals surface area (Å²) in [5.41, 5.74) is 7.37. The number of nitrogens with two attached hydrogens (primary N) is 1. The van der Waals surface area contributed by atoms with Crippen LogP contribution in [0.25, 0.3) is 0 Å². The van der Waals surface area contributed by atoms with Gasteiger partial charge >= 0.3 is 5.97 Å². The van der Waals surface area contributed by atoms with Crippen LogP contribution in [0.5, 0.6) is 5.75 Å². The lowest BCUT2D eigenvalue weighted by atomic mass is 9.96. The minimum atomic E-state index is -1.20. The van der Waals surface area contributed by atoms with E-state index in [4.69, 9.17) is 5.73 Å². The highest BCUT2D eigenvalue weighted by molar-refractivity contribution is 5.96. The fourth-order valence-corrected chi connectivity index (χ4v) is 4.89. The number of aromatic nitrogens is 2. The van der Waals surface area contributed by atoms with Crippen molar-refractivity contribution < 1.29 is 34.2 Å². The van der Waals surface area contributed by atoms with E-state index in [2.05, 4.69) is 25.9 Å². The molecule has 0 spiro atoms. The molecule has 14 nitrogen and oxygen atoms in total. The van der Waals surface area contributed by atoms with Crippen molar-refractivity contribution in [3.05, 3.63) is 48.0 Å². The van der Waals surface area contributed by atoms with Crippen LogP contribution in [0.3, 0.4) is 0 Å². The van der Waals surface area contributed by atoms with E-state index >= 15 is 0 Å². The molecular weight excluding hydrogens is 558 g/mol. The van der Waals surface area contributed by atoms with E-state index in [-0.39, 0.29) is 31.1 Å². The number of carbonyl (C=O) groups excluding carboxylic acids is 4. The first-order valence-electron chi connectivity index (χ1n) is 14.4. The molecule has 0 radical (unpaired) electrons. The lowest BCUT2D eigenvalue weighted by Crippen LogP contribution is -2.60. The summed E-state index contributed by atoms with van der Waals surface area (Å²) in [6.07, 6.45) is 4.64. The number of phenolic OH excluding ortho intramolecular Hbond substituents is 1. The van der Waals surface area contributed by atoms with E-state index < -0.39 is 59.8 Å². The van der Waals surface area contributed by atoms with Crippen LogP contribution >= 0.6 is 0 Å². The normalized spacial score (nSPS) is 18.1. The molecule has 0 bridgehead atoms. The molecule has 1 fully saturated rings.